The predicted molar refractivity (Wildman–Crippen MR) is 81.1 cm³/mol. The second-order valence-corrected chi connectivity index (χ2v) is 5.90. The third-order valence-electron chi connectivity index (χ3n) is 3.01. The molecule has 2 N–H and O–H groups in total. The van der Waals surface area contributed by atoms with E-state index in [1.54, 1.807) is 11.3 Å². The summed E-state index contributed by atoms with van der Waals surface area (Å²) in [6.45, 7) is 3.86. The van der Waals surface area contributed by atoms with E-state index in [2.05, 4.69) is 5.32 Å². The molecule has 110 valence electrons. The number of nitrogens with zero attached hydrogens (tertiary/aromatic N) is 1. The third kappa shape index (κ3) is 3.19. The van der Waals surface area contributed by atoms with E-state index in [1.165, 1.54) is 18.2 Å². The molecule has 0 radical (unpaired) electrons. The number of thiophene rings is 1. The van der Waals surface area contributed by atoms with Crippen LogP contribution in [0.2, 0.25) is 0 Å². The molecule has 0 saturated carbocycles. The van der Waals surface area contributed by atoms with Crippen LogP contribution < -0.4 is 5.32 Å². The highest BCUT2D eigenvalue weighted by Crippen LogP contribution is 2.33. The molecule has 1 unspecified atom stereocenters. The van der Waals surface area contributed by atoms with Crippen molar-refractivity contribution in [3.63, 3.8) is 0 Å². The van der Waals surface area contributed by atoms with Crippen LogP contribution in [-0.2, 0) is 0 Å². The zero-order chi connectivity index (χ0) is 15.6. The number of carboxylic acids is 1. The van der Waals surface area contributed by atoms with Crippen molar-refractivity contribution in [1.29, 1.82) is 0 Å². The van der Waals surface area contributed by atoms with E-state index in [9.17, 15) is 14.9 Å². The molecule has 1 heterocycles. The van der Waals surface area contributed by atoms with Gasteiger partial charge in [0, 0.05) is 9.75 Å². The molecule has 7 heteroatoms. The van der Waals surface area contributed by atoms with Crippen molar-refractivity contribution in [2.45, 2.75) is 19.9 Å². The van der Waals surface area contributed by atoms with Crippen molar-refractivity contribution in [2.24, 2.45) is 0 Å². The van der Waals surface area contributed by atoms with Crippen LogP contribution in [-0.4, -0.2) is 16.0 Å². The monoisotopic (exact) mass is 306 g/mol. The Kier molecular flexibility index (Phi) is 4.23. The van der Waals surface area contributed by atoms with Gasteiger partial charge in [0.15, 0.2) is 0 Å². The molecular weight excluding hydrogens is 292 g/mol. The summed E-state index contributed by atoms with van der Waals surface area (Å²) in [5.41, 5.74) is -0.525. The number of carboxylic acid groups (broad SMARTS) is 1. The second-order valence-electron chi connectivity index (χ2n) is 4.58. The van der Waals surface area contributed by atoms with Crippen LogP contribution in [0, 0.1) is 17.0 Å². The Labute approximate surface area is 125 Å². The number of aromatic carboxylic acids is 1. The van der Waals surface area contributed by atoms with Crippen LogP contribution in [0.5, 0.6) is 0 Å². The van der Waals surface area contributed by atoms with Gasteiger partial charge in [-0.25, -0.2) is 4.79 Å². The fraction of sp³-hybridized carbons (Fsp3) is 0.214. The van der Waals surface area contributed by atoms with Gasteiger partial charge in [0.05, 0.1) is 11.0 Å². The summed E-state index contributed by atoms with van der Waals surface area (Å²) >= 11 is 1.59. The first-order valence-corrected chi connectivity index (χ1v) is 7.05. The van der Waals surface area contributed by atoms with Crippen molar-refractivity contribution in [2.75, 3.05) is 5.32 Å². The van der Waals surface area contributed by atoms with Gasteiger partial charge in [-0.1, -0.05) is 6.07 Å². The number of anilines is 1. The first-order valence-electron chi connectivity index (χ1n) is 6.23. The predicted octanol–water partition coefficient (Wildman–Crippen LogP) is 3.84. The average Bonchev–Trinajstić information content (AvgIpc) is 2.84. The Balaban J connectivity index is 2.37. The van der Waals surface area contributed by atoms with Gasteiger partial charge in [0.1, 0.15) is 11.3 Å². The maximum atomic E-state index is 11.2. The maximum absolute atomic E-state index is 11.2. The topological polar surface area (TPSA) is 92.5 Å². The van der Waals surface area contributed by atoms with Gasteiger partial charge in [-0.2, -0.15) is 0 Å². The Bertz CT molecular complexity index is 696. The largest absolute Gasteiger partial charge is 0.477 e. The lowest BCUT2D eigenvalue weighted by atomic mass is 10.1. The molecule has 0 aliphatic heterocycles. The van der Waals surface area contributed by atoms with Crippen LogP contribution in [0.25, 0.3) is 0 Å². The number of carbonyl (C=O) groups is 1. The molecule has 0 fully saturated rings. The highest BCUT2D eigenvalue weighted by Gasteiger charge is 2.25. The van der Waals surface area contributed by atoms with E-state index < -0.39 is 16.6 Å². The van der Waals surface area contributed by atoms with E-state index in [1.807, 2.05) is 26.0 Å². The minimum atomic E-state index is -1.31. The Hall–Kier alpha value is -2.41. The molecule has 0 aliphatic carbocycles. The number of nitro benzene ring substituents is 1. The summed E-state index contributed by atoms with van der Waals surface area (Å²) in [6, 6.07) is 8.01. The number of hydrogen-bond acceptors (Lipinski definition) is 5. The van der Waals surface area contributed by atoms with Crippen molar-refractivity contribution in [1.82, 2.24) is 0 Å². The molecular formula is C14H14N2O4S. The summed E-state index contributed by atoms with van der Waals surface area (Å²) in [5.74, 6) is -1.31. The lowest BCUT2D eigenvalue weighted by Gasteiger charge is -2.14. The van der Waals surface area contributed by atoms with Crippen LogP contribution in [0.4, 0.5) is 11.4 Å². The second kappa shape index (κ2) is 5.92. The van der Waals surface area contributed by atoms with E-state index in [4.69, 9.17) is 5.11 Å². The quantitative estimate of drug-likeness (QED) is 0.646. The molecule has 0 saturated heterocycles. The zero-order valence-corrected chi connectivity index (χ0v) is 12.3. The molecule has 1 atom stereocenters. The average molecular weight is 306 g/mol. The first kappa shape index (κ1) is 15.0. The summed E-state index contributed by atoms with van der Waals surface area (Å²) < 4.78 is 0. The lowest BCUT2D eigenvalue weighted by molar-refractivity contribution is -0.384. The molecule has 0 amide bonds. The molecule has 2 aromatic rings. The molecule has 21 heavy (non-hydrogen) atoms. The maximum Gasteiger partial charge on any atom is 0.342 e. The molecule has 0 bridgehead atoms. The number of rotatable bonds is 5. The fourth-order valence-electron chi connectivity index (χ4n) is 2.02. The van der Waals surface area contributed by atoms with Crippen LogP contribution >= 0.6 is 11.3 Å². The third-order valence-corrected chi connectivity index (χ3v) is 4.19. The van der Waals surface area contributed by atoms with Gasteiger partial charge in [0.25, 0.3) is 0 Å². The SMILES string of the molecule is Cc1ccc(C(C)Nc2cccc(C(=O)O)c2[N+](=O)[O-])s1. The minimum absolute atomic E-state index is 0.147. The summed E-state index contributed by atoms with van der Waals surface area (Å²) in [6.07, 6.45) is 0. The standard InChI is InChI=1S/C14H14N2O4S/c1-8-6-7-12(21-8)9(2)15-11-5-3-4-10(14(17)18)13(11)16(19)20/h3-7,9,15H,1-2H3,(H,17,18). The smallest absolute Gasteiger partial charge is 0.342 e. The van der Waals surface area contributed by atoms with Gasteiger partial charge in [0.2, 0.25) is 0 Å². The van der Waals surface area contributed by atoms with Crippen LogP contribution in [0.15, 0.2) is 30.3 Å². The Morgan fingerprint density at radius 3 is 2.62 bits per heavy atom. The van der Waals surface area contributed by atoms with Gasteiger partial charge >= 0.3 is 11.7 Å². The molecule has 1 aromatic carbocycles. The van der Waals surface area contributed by atoms with E-state index in [0.717, 1.165) is 9.75 Å². The number of nitrogens with one attached hydrogen (secondary N) is 1. The summed E-state index contributed by atoms with van der Waals surface area (Å²) in [7, 11) is 0. The summed E-state index contributed by atoms with van der Waals surface area (Å²) in [4.78, 5) is 23.8. The van der Waals surface area contributed by atoms with Gasteiger partial charge in [-0.05, 0) is 38.1 Å². The number of benzene rings is 1. The number of nitro groups is 1. The molecule has 6 nitrogen and oxygen atoms in total. The number of para-hydroxylation sites is 1. The highest BCUT2D eigenvalue weighted by atomic mass is 32.1. The van der Waals surface area contributed by atoms with Gasteiger partial charge in [-0.3, -0.25) is 10.1 Å². The molecule has 1 aromatic heterocycles. The normalized spacial score (nSPS) is 11.9. The lowest BCUT2D eigenvalue weighted by Crippen LogP contribution is -2.10. The first-order chi connectivity index (χ1) is 9.90. The van der Waals surface area contributed by atoms with Crippen molar-refractivity contribution < 1.29 is 14.8 Å². The molecule has 0 aliphatic rings. The Morgan fingerprint density at radius 2 is 2.10 bits per heavy atom. The van der Waals surface area contributed by atoms with E-state index in [-0.39, 0.29) is 17.3 Å². The fourth-order valence-corrected chi connectivity index (χ4v) is 2.90. The van der Waals surface area contributed by atoms with Crippen molar-refractivity contribution >= 4 is 28.7 Å². The van der Waals surface area contributed by atoms with Crippen LogP contribution in [0.1, 0.15) is 33.1 Å². The zero-order valence-electron chi connectivity index (χ0n) is 11.5. The van der Waals surface area contributed by atoms with Crippen molar-refractivity contribution in [3.05, 3.63) is 55.8 Å². The van der Waals surface area contributed by atoms with Crippen LogP contribution in [0.3, 0.4) is 0 Å². The Morgan fingerprint density at radius 1 is 1.38 bits per heavy atom. The summed E-state index contributed by atoms with van der Waals surface area (Å²) in [5, 5.41) is 23.3. The number of aryl methyl sites for hydroxylation is 1. The molecule has 0 spiro atoms. The molecule has 2 rings (SSSR count). The van der Waals surface area contributed by atoms with Crippen molar-refractivity contribution in [3.8, 4) is 0 Å². The van der Waals surface area contributed by atoms with E-state index in [0.29, 0.717) is 0 Å². The van der Waals surface area contributed by atoms with Gasteiger partial charge in [-0.15, -0.1) is 11.3 Å². The van der Waals surface area contributed by atoms with Gasteiger partial charge < -0.3 is 10.4 Å². The highest BCUT2D eigenvalue weighted by molar-refractivity contribution is 7.12. The minimum Gasteiger partial charge on any atom is -0.477 e. The number of hydrogen-bond donors (Lipinski definition) is 2. The van der Waals surface area contributed by atoms with E-state index >= 15 is 0 Å².